The van der Waals surface area contributed by atoms with Crippen molar-refractivity contribution < 1.29 is 9.53 Å². The topological polar surface area (TPSA) is 51.2 Å². The first-order valence-corrected chi connectivity index (χ1v) is 5.96. The van der Waals surface area contributed by atoms with E-state index in [2.05, 4.69) is 10.3 Å². The van der Waals surface area contributed by atoms with Crippen LogP contribution in [0.15, 0.2) is 18.3 Å². The van der Waals surface area contributed by atoms with E-state index in [0.29, 0.717) is 11.6 Å². The Labute approximate surface area is 101 Å². The number of ether oxygens (including phenoxy) is 1. The highest BCUT2D eigenvalue weighted by molar-refractivity contribution is 5.96. The van der Waals surface area contributed by atoms with Crippen molar-refractivity contribution in [1.29, 1.82) is 0 Å². The maximum Gasteiger partial charge on any atom is 0.237 e. The molecule has 17 heavy (non-hydrogen) atoms. The molecule has 1 aliphatic carbocycles. The predicted octanol–water partition coefficient (Wildman–Crippen LogP) is 2.61. The zero-order chi connectivity index (χ0) is 12.3. The summed E-state index contributed by atoms with van der Waals surface area (Å²) in [6.07, 6.45) is 5.83. The fraction of sp³-hybridized carbons (Fsp3) is 0.538. The van der Waals surface area contributed by atoms with Crippen molar-refractivity contribution in [2.75, 3.05) is 12.4 Å². The largest absolute Gasteiger partial charge is 0.480 e. The Bertz CT molecular complexity index is 412. The van der Waals surface area contributed by atoms with Crippen molar-refractivity contribution in [2.45, 2.75) is 32.6 Å². The van der Waals surface area contributed by atoms with Crippen LogP contribution >= 0.6 is 0 Å². The molecule has 2 rings (SSSR count). The van der Waals surface area contributed by atoms with Gasteiger partial charge in [-0.1, -0.05) is 19.8 Å². The van der Waals surface area contributed by atoms with Crippen LogP contribution in [-0.4, -0.2) is 18.0 Å². The molecule has 0 unspecified atom stereocenters. The number of methoxy groups -OCH3 is 1. The smallest absolute Gasteiger partial charge is 0.237 e. The number of rotatable bonds is 3. The van der Waals surface area contributed by atoms with Crippen LogP contribution in [-0.2, 0) is 4.79 Å². The van der Waals surface area contributed by atoms with Crippen LogP contribution in [0.25, 0.3) is 0 Å². The van der Waals surface area contributed by atoms with Gasteiger partial charge < -0.3 is 10.1 Å². The molecule has 1 fully saturated rings. The van der Waals surface area contributed by atoms with E-state index < -0.39 is 0 Å². The molecule has 1 N–H and O–H groups in total. The summed E-state index contributed by atoms with van der Waals surface area (Å²) < 4.78 is 5.12. The molecule has 0 aliphatic heterocycles. The summed E-state index contributed by atoms with van der Waals surface area (Å²) >= 11 is 0. The van der Waals surface area contributed by atoms with E-state index in [-0.39, 0.29) is 11.3 Å². The lowest BCUT2D eigenvalue weighted by Gasteiger charge is -2.22. The van der Waals surface area contributed by atoms with Gasteiger partial charge in [-0.2, -0.15) is 0 Å². The fourth-order valence-corrected chi connectivity index (χ4v) is 2.30. The fourth-order valence-electron chi connectivity index (χ4n) is 2.30. The van der Waals surface area contributed by atoms with Gasteiger partial charge in [-0.3, -0.25) is 4.79 Å². The number of anilines is 1. The minimum Gasteiger partial charge on any atom is -0.480 e. The Kier molecular flexibility index (Phi) is 3.31. The first kappa shape index (κ1) is 11.9. The summed E-state index contributed by atoms with van der Waals surface area (Å²) in [5.74, 6) is 0.531. The predicted molar refractivity (Wildman–Crippen MR) is 66.0 cm³/mol. The molecule has 0 saturated heterocycles. The van der Waals surface area contributed by atoms with Crippen molar-refractivity contribution in [2.24, 2.45) is 5.41 Å². The second-order valence-corrected chi connectivity index (χ2v) is 4.78. The van der Waals surface area contributed by atoms with Gasteiger partial charge in [0.1, 0.15) is 5.69 Å². The van der Waals surface area contributed by atoms with Gasteiger partial charge in [-0.05, 0) is 25.0 Å². The third-order valence-electron chi connectivity index (χ3n) is 3.47. The Morgan fingerprint density at radius 3 is 2.82 bits per heavy atom. The minimum absolute atomic E-state index is 0.0706. The highest BCUT2D eigenvalue weighted by atomic mass is 16.5. The van der Waals surface area contributed by atoms with Crippen molar-refractivity contribution in [1.82, 2.24) is 4.98 Å². The highest BCUT2D eigenvalue weighted by Crippen LogP contribution is 2.38. The van der Waals surface area contributed by atoms with Crippen LogP contribution < -0.4 is 10.1 Å². The molecule has 1 saturated carbocycles. The van der Waals surface area contributed by atoms with Crippen LogP contribution in [0, 0.1) is 5.41 Å². The van der Waals surface area contributed by atoms with Gasteiger partial charge in [0.2, 0.25) is 11.8 Å². The second kappa shape index (κ2) is 4.73. The van der Waals surface area contributed by atoms with Crippen LogP contribution in [0.2, 0.25) is 0 Å². The first-order chi connectivity index (χ1) is 8.15. The molecule has 1 heterocycles. The lowest BCUT2D eigenvalue weighted by molar-refractivity contribution is -0.124. The van der Waals surface area contributed by atoms with Crippen molar-refractivity contribution in [3.8, 4) is 5.88 Å². The number of carbonyl (C=O) groups excluding carboxylic acids is 1. The summed E-state index contributed by atoms with van der Waals surface area (Å²) in [5.41, 5.74) is 0.411. The SMILES string of the molecule is COc1ncccc1NC(=O)C1(C)CCCC1. The van der Waals surface area contributed by atoms with E-state index in [1.807, 2.05) is 13.0 Å². The van der Waals surface area contributed by atoms with Crippen LogP contribution in [0.5, 0.6) is 5.88 Å². The maximum absolute atomic E-state index is 12.2. The molecule has 0 atom stereocenters. The van der Waals surface area contributed by atoms with Crippen molar-refractivity contribution >= 4 is 11.6 Å². The molecule has 1 aliphatic rings. The average molecular weight is 234 g/mol. The van der Waals surface area contributed by atoms with E-state index >= 15 is 0 Å². The Hall–Kier alpha value is -1.58. The molecule has 1 aromatic rings. The quantitative estimate of drug-likeness (QED) is 0.874. The Balaban J connectivity index is 2.12. The number of aromatic nitrogens is 1. The number of nitrogens with one attached hydrogen (secondary N) is 1. The average Bonchev–Trinajstić information content (AvgIpc) is 2.78. The van der Waals surface area contributed by atoms with E-state index in [0.717, 1.165) is 25.7 Å². The molecule has 0 aromatic carbocycles. The Morgan fingerprint density at radius 2 is 2.18 bits per heavy atom. The van der Waals surface area contributed by atoms with Gasteiger partial charge in [-0.25, -0.2) is 4.98 Å². The number of hydrogen-bond acceptors (Lipinski definition) is 3. The lowest BCUT2D eigenvalue weighted by atomic mass is 9.88. The molecule has 1 amide bonds. The van der Waals surface area contributed by atoms with E-state index in [1.165, 1.54) is 0 Å². The number of hydrogen-bond donors (Lipinski definition) is 1. The van der Waals surface area contributed by atoms with Crippen molar-refractivity contribution in [3.63, 3.8) is 0 Å². The zero-order valence-electron chi connectivity index (χ0n) is 10.3. The summed E-state index contributed by atoms with van der Waals surface area (Å²) in [6, 6.07) is 3.59. The Morgan fingerprint density at radius 1 is 1.47 bits per heavy atom. The van der Waals surface area contributed by atoms with Gasteiger partial charge in [0.25, 0.3) is 0 Å². The van der Waals surface area contributed by atoms with Crippen LogP contribution in [0.3, 0.4) is 0 Å². The molecule has 0 spiro atoms. The van der Waals surface area contributed by atoms with Gasteiger partial charge in [0, 0.05) is 11.6 Å². The van der Waals surface area contributed by atoms with Gasteiger partial charge in [-0.15, -0.1) is 0 Å². The third-order valence-corrected chi connectivity index (χ3v) is 3.47. The monoisotopic (exact) mass is 234 g/mol. The minimum atomic E-state index is -0.235. The number of pyridine rings is 1. The number of amides is 1. The van der Waals surface area contributed by atoms with Crippen molar-refractivity contribution in [3.05, 3.63) is 18.3 Å². The lowest BCUT2D eigenvalue weighted by Crippen LogP contribution is -2.31. The first-order valence-electron chi connectivity index (χ1n) is 5.96. The third kappa shape index (κ3) is 2.40. The zero-order valence-corrected chi connectivity index (χ0v) is 10.3. The normalized spacial score (nSPS) is 17.8. The van der Waals surface area contributed by atoms with E-state index in [1.54, 1.807) is 19.4 Å². The molecule has 1 aromatic heterocycles. The number of nitrogens with zero attached hydrogens (tertiary/aromatic N) is 1. The molecular weight excluding hydrogens is 216 g/mol. The van der Waals surface area contributed by atoms with E-state index in [9.17, 15) is 4.79 Å². The molecule has 0 radical (unpaired) electrons. The number of carbonyl (C=O) groups is 1. The van der Waals surface area contributed by atoms with Gasteiger partial charge >= 0.3 is 0 Å². The maximum atomic E-state index is 12.2. The summed E-state index contributed by atoms with van der Waals surface area (Å²) in [5, 5.41) is 2.92. The highest BCUT2D eigenvalue weighted by Gasteiger charge is 2.36. The van der Waals surface area contributed by atoms with E-state index in [4.69, 9.17) is 4.74 Å². The van der Waals surface area contributed by atoms with Crippen LogP contribution in [0.4, 0.5) is 5.69 Å². The molecular formula is C13H18N2O2. The van der Waals surface area contributed by atoms with Crippen LogP contribution in [0.1, 0.15) is 32.6 Å². The molecule has 4 heteroatoms. The molecule has 0 bridgehead atoms. The standard InChI is InChI=1S/C13H18N2O2/c1-13(7-3-4-8-13)12(16)15-10-6-5-9-14-11(10)17-2/h5-6,9H,3-4,7-8H2,1-2H3,(H,15,16). The summed E-state index contributed by atoms with van der Waals surface area (Å²) in [7, 11) is 1.55. The van der Waals surface area contributed by atoms with Gasteiger partial charge in [0.05, 0.1) is 7.11 Å². The summed E-state index contributed by atoms with van der Waals surface area (Å²) in [6.45, 7) is 2.03. The second-order valence-electron chi connectivity index (χ2n) is 4.78. The molecule has 4 nitrogen and oxygen atoms in total. The summed E-state index contributed by atoms with van der Waals surface area (Å²) in [4.78, 5) is 16.3. The molecule has 92 valence electrons. The van der Waals surface area contributed by atoms with Gasteiger partial charge in [0.15, 0.2) is 0 Å².